The summed E-state index contributed by atoms with van der Waals surface area (Å²) in [5, 5.41) is 11.2. The molecule has 2 aromatic rings. The number of hydrogen-bond acceptors (Lipinski definition) is 6. The number of aryl methyl sites for hydroxylation is 2. The van der Waals surface area contributed by atoms with Crippen LogP contribution < -0.4 is 14.2 Å². The Bertz CT molecular complexity index is 1060. The van der Waals surface area contributed by atoms with Crippen LogP contribution in [0.1, 0.15) is 55.2 Å². The van der Waals surface area contributed by atoms with Gasteiger partial charge in [-0.05, 0) is 81.8 Å². The van der Waals surface area contributed by atoms with Crippen LogP contribution in [0.4, 0.5) is 0 Å². The molecule has 1 atom stereocenters. The van der Waals surface area contributed by atoms with Crippen LogP contribution >= 0.6 is 0 Å². The number of carbonyl (C=O) groups excluding carboxylic acids is 1. The zero-order valence-electron chi connectivity index (χ0n) is 22.6. The first-order chi connectivity index (χ1) is 17.8. The monoisotopic (exact) mass is 510 g/mol. The lowest BCUT2D eigenvalue weighted by molar-refractivity contribution is -0.127. The third-order valence-electron chi connectivity index (χ3n) is 7.47. The van der Waals surface area contributed by atoms with E-state index in [0.29, 0.717) is 26.1 Å². The first kappa shape index (κ1) is 27.3. The maximum Gasteiger partial charge on any atom is 0.222 e. The van der Waals surface area contributed by atoms with Crippen molar-refractivity contribution < 1.29 is 24.1 Å². The summed E-state index contributed by atoms with van der Waals surface area (Å²) in [5.41, 5.74) is 2.65. The molecule has 0 aliphatic carbocycles. The van der Waals surface area contributed by atoms with Gasteiger partial charge in [0.1, 0.15) is 12.4 Å². The summed E-state index contributed by atoms with van der Waals surface area (Å²) in [6.07, 6.45) is 4.77. The second-order valence-electron chi connectivity index (χ2n) is 10.6. The van der Waals surface area contributed by atoms with Crippen molar-refractivity contribution in [2.45, 2.75) is 64.5 Å². The Labute approximate surface area is 221 Å². The van der Waals surface area contributed by atoms with Gasteiger partial charge < -0.3 is 24.2 Å². The van der Waals surface area contributed by atoms with Gasteiger partial charge in [-0.25, -0.2) is 0 Å². The quantitative estimate of drug-likeness (QED) is 0.449. The van der Waals surface area contributed by atoms with E-state index in [9.17, 15) is 9.90 Å². The minimum Gasteiger partial charge on any atom is -0.493 e. The molecule has 2 aromatic carbocycles. The SMILES string of the molecule is COc1cc(CN2CCC[C@@](O)(COc3ccc(C)cc3C)CC2)ccc1OCCCN1CCCC1=O. The molecule has 0 bridgehead atoms. The van der Waals surface area contributed by atoms with Crippen LogP contribution in [0.5, 0.6) is 17.2 Å². The molecule has 1 amide bonds. The lowest BCUT2D eigenvalue weighted by atomic mass is 9.96. The molecule has 2 saturated heterocycles. The van der Waals surface area contributed by atoms with E-state index in [1.807, 2.05) is 36.1 Å². The number of likely N-dealkylation sites (tertiary alicyclic amines) is 2. The van der Waals surface area contributed by atoms with Gasteiger partial charge in [-0.2, -0.15) is 0 Å². The number of hydrogen-bond donors (Lipinski definition) is 1. The number of nitrogens with zero attached hydrogens (tertiary/aromatic N) is 2. The summed E-state index contributed by atoms with van der Waals surface area (Å²) >= 11 is 0. The molecule has 4 rings (SSSR count). The van der Waals surface area contributed by atoms with E-state index in [-0.39, 0.29) is 5.91 Å². The third-order valence-corrected chi connectivity index (χ3v) is 7.47. The van der Waals surface area contributed by atoms with Crippen molar-refractivity contribution in [3.8, 4) is 17.2 Å². The molecule has 0 saturated carbocycles. The second-order valence-corrected chi connectivity index (χ2v) is 10.6. The van der Waals surface area contributed by atoms with Gasteiger partial charge in [-0.1, -0.05) is 23.8 Å². The maximum atomic E-state index is 11.8. The molecular weight excluding hydrogens is 468 g/mol. The summed E-state index contributed by atoms with van der Waals surface area (Å²) in [7, 11) is 1.66. The van der Waals surface area contributed by atoms with Crippen molar-refractivity contribution >= 4 is 5.91 Å². The van der Waals surface area contributed by atoms with Crippen molar-refractivity contribution in [3.63, 3.8) is 0 Å². The van der Waals surface area contributed by atoms with Gasteiger partial charge in [-0.15, -0.1) is 0 Å². The Morgan fingerprint density at radius 1 is 0.946 bits per heavy atom. The van der Waals surface area contributed by atoms with Crippen LogP contribution in [0.15, 0.2) is 36.4 Å². The van der Waals surface area contributed by atoms with E-state index in [2.05, 4.69) is 24.0 Å². The number of carbonyl (C=O) groups is 1. The highest BCUT2D eigenvalue weighted by atomic mass is 16.5. The van der Waals surface area contributed by atoms with Crippen LogP contribution in [0.3, 0.4) is 0 Å². The summed E-state index contributed by atoms with van der Waals surface area (Å²) < 4.78 is 17.6. The molecule has 2 aliphatic heterocycles. The van der Waals surface area contributed by atoms with Crippen molar-refractivity contribution in [1.82, 2.24) is 9.80 Å². The largest absolute Gasteiger partial charge is 0.493 e. The molecule has 1 N–H and O–H groups in total. The van der Waals surface area contributed by atoms with Crippen LogP contribution in [0.25, 0.3) is 0 Å². The van der Waals surface area contributed by atoms with Gasteiger partial charge in [0, 0.05) is 32.6 Å². The fourth-order valence-corrected chi connectivity index (χ4v) is 5.28. The number of amides is 1. The molecule has 0 unspecified atom stereocenters. The number of ether oxygens (including phenoxy) is 3. The maximum absolute atomic E-state index is 11.8. The third kappa shape index (κ3) is 7.62. The summed E-state index contributed by atoms with van der Waals surface area (Å²) in [6.45, 7) is 9.13. The van der Waals surface area contributed by atoms with Crippen LogP contribution in [-0.2, 0) is 11.3 Å². The number of methoxy groups -OCH3 is 1. The van der Waals surface area contributed by atoms with Gasteiger partial charge in [0.2, 0.25) is 5.91 Å². The van der Waals surface area contributed by atoms with E-state index in [1.54, 1.807) is 7.11 Å². The average molecular weight is 511 g/mol. The van der Waals surface area contributed by atoms with E-state index in [4.69, 9.17) is 14.2 Å². The van der Waals surface area contributed by atoms with Gasteiger partial charge >= 0.3 is 0 Å². The lowest BCUT2D eigenvalue weighted by Crippen LogP contribution is -2.37. The van der Waals surface area contributed by atoms with Crippen molar-refractivity contribution in [2.24, 2.45) is 0 Å². The zero-order valence-corrected chi connectivity index (χ0v) is 22.6. The fraction of sp³-hybridized carbons (Fsp3) is 0.567. The molecule has 2 heterocycles. The Morgan fingerprint density at radius 2 is 1.78 bits per heavy atom. The fourth-order valence-electron chi connectivity index (χ4n) is 5.28. The molecule has 2 fully saturated rings. The zero-order chi connectivity index (χ0) is 26.3. The Balaban J connectivity index is 1.25. The van der Waals surface area contributed by atoms with Crippen LogP contribution in [-0.4, -0.2) is 72.9 Å². The summed E-state index contributed by atoms with van der Waals surface area (Å²) in [6, 6.07) is 12.2. The summed E-state index contributed by atoms with van der Waals surface area (Å²) in [5.74, 6) is 2.55. The highest BCUT2D eigenvalue weighted by molar-refractivity contribution is 5.78. The number of aliphatic hydroxyl groups is 1. The van der Waals surface area contributed by atoms with Crippen molar-refractivity contribution in [2.75, 3.05) is 46.5 Å². The predicted molar refractivity (Wildman–Crippen MR) is 144 cm³/mol. The van der Waals surface area contributed by atoms with Gasteiger partial charge in [0.15, 0.2) is 11.5 Å². The standard InChI is InChI=1S/C30H42N2O5/c1-23-8-10-26(24(2)19-23)37-22-30(34)12-5-14-31(17-13-30)21-25-9-11-27(28(20-25)35-3)36-18-6-16-32-15-4-7-29(32)33/h8-11,19-20,34H,4-7,12-18,21-22H2,1-3H3/t30-/m0/s1. The van der Waals surface area contributed by atoms with E-state index in [1.165, 1.54) is 5.56 Å². The molecule has 0 spiro atoms. The minimum absolute atomic E-state index is 0.253. The van der Waals surface area contributed by atoms with Crippen LogP contribution in [0, 0.1) is 13.8 Å². The molecule has 0 aromatic heterocycles. The highest BCUT2D eigenvalue weighted by Gasteiger charge is 2.31. The predicted octanol–water partition coefficient (Wildman–Crippen LogP) is 4.50. The minimum atomic E-state index is -0.818. The Morgan fingerprint density at radius 3 is 2.54 bits per heavy atom. The van der Waals surface area contributed by atoms with E-state index in [0.717, 1.165) is 86.8 Å². The smallest absolute Gasteiger partial charge is 0.222 e. The molecule has 0 radical (unpaired) electrons. The van der Waals surface area contributed by atoms with E-state index >= 15 is 0 Å². The lowest BCUT2D eigenvalue weighted by Gasteiger charge is -2.27. The summed E-state index contributed by atoms with van der Waals surface area (Å²) in [4.78, 5) is 16.1. The second kappa shape index (κ2) is 12.7. The van der Waals surface area contributed by atoms with Crippen LogP contribution in [0.2, 0.25) is 0 Å². The molecule has 2 aliphatic rings. The first-order valence-electron chi connectivity index (χ1n) is 13.6. The Kier molecular flexibility index (Phi) is 9.33. The van der Waals surface area contributed by atoms with Gasteiger partial charge in [0.05, 0.1) is 19.3 Å². The topological polar surface area (TPSA) is 71.5 Å². The Hall–Kier alpha value is -2.77. The van der Waals surface area contributed by atoms with E-state index < -0.39 is 5.60 Å². The normalized spacial score (nSPS) is 20.6. The average Bonchev–Trinajstić information content (AvgIpc) is 3.20. The molecular formula is C30H42N2O5. The number of benzene rings is 2. The first-order valence-corrected chi connectivity index (χ1v) is 13.6. The van der Waals surface area contributed by atoms with Gasteiger partial charge in [0.25, 0.3) is 0 Å². The molecule has 202 valence electrons. The molecule has 37 heavy (non-hydrogen) atoms. The molecule has 7 nitrogen and oxygen atoms in total. The molecule has 7 heteroatoms. The highest BCUT2D eigenvalue weighted by Crippen LogP contribution is 2.30. The van der Waals surface area contributed by atoms with Crippen molar-refractivity contribution in [1.29, 1.82) is 0 Å². The van der Waals surface area contributed by atoms with Gasteiger partial charge in [-0.3, -0.25) is 9.69 Å². The number of rotatable bonds is 11. The van der Waals surface area contributed by atoms with Crippen molar-refractivity contribution in [3.05, 3.63) is 53.1 Å².